The first-order valence-corrected chi connectivity index (χ1v) is 6.62. The highest BCUT2D eigenvalue weighted by molar-refractivity contribution is 6.35. The first-order chi connectivity index (χ1) is 10.3. The normalized spacial score (nSPS) is 10.1. The number of amides is 2. The molecule has 0 spiro atoms. The topological polar surface area (TPSA) is 104 Å². The molecular weight excluding hydrogens is 333 g/mol. The number of phenolic OH excluding ortho intramolecular Hbond substituents is 1. The second kappa shape index (κ2) is 6.50. The number of hydrogen-bond acceptors (Lipinski definition) is 4. The van der Waals surface area contributed by atoms with E-state index in [-0.39, 0.29) is 5.69 Å². The summed E-state index contributed by atoms with van der Waals surface area (Å²) in [5.74, 6) is -0.488. The van der Waals surface area contributed by atoms with Crippen LogP contribution in [0.15, 0.2) is 36.4 Å². The maximum atomic E-state index is 11.8. The van der Waals surface area contributed by atoms with E-state index in [0.717, 1.165) is 12.1 Å². The second-order valence-corrected chi connectivity index (χ2v) is 5.07. The van der Waals surface area contributed by atoms with Crippen LogP contribution in [0.1, 0.15) is 0 Å². The molecule has 0 aliphatic carbocycles. The minimum atomic E-state index is -0.755. The second-order valence-electron chi connectivity index (χ2n) is 4.20. The van der Waals surface area contributed by atoms with E-state index in [1.165, 1.54) is 24.3 Å². The summed E-state index contributed by atoms with van der Waals surface area (Å²) in [6, 6.07) is 7.34. The number of halogens is 2. The maximum Gasteiger partial charge on any atom is 0.323 e. The van der Waals surface area contributed by atoms with Crippen LogP contribution >= 0.6 is 23.2 Å². The van der Waals surface area contributed by atoms with Gasteiger partial charge in [0.25, 0.3) is 0 Å². The molecule has 0 saturated carbocycles. The van der Waals surface area contributed by atoms with Crippen LogP contribution in [0.4, 0.5) is 21.9 Å². The standard InChI is InChI=1S/C13H9Cl2N3O4/c14-7-3-8(15)5-10(4-7)17-13(20)16-9-1-2-12(19)11(6-9)18(21)22/h1-6,19H,(H2,16,17,20). The highest BCUT2D eigenvalue weighted by atomic mass is 35.5. The van der Waals surface area contributed by atoms with Crippen molar-refractivity contribution in [1.82, 2.24) is 0 Å². The Morgan fingerprint density at radius 2 is 1.64 bits per heavy atom. The Morgan fingerprint density at radius 3 is 2.23 bits per heavy atom. The molecule has 22 heavy (non-hydrogen) atoms. The van der Waals surface area contributed by atoms with Crippen molar-refractivity contribution < 1.29 is 14.8 Å². The highest BCUT2D eigenvalue weighted by Gasteiger charge is 2.14. The number of anilines is 2. The molecular formula is C13H9Cl2N3O4. The van der Waals surface area contributed by atoms with E-state index in [4.69, 9.17) is 23.2 Å². The lowest BCUT2D eigenvalue weighted by Crippen LogP contribution is -2.19. The molecule has 0 heterocycles. The smallest absolute Gasteiger partial charge is 0.323 e. The molecule has 0 radical (unpaired) electrons. The van der Waals surface area contributed by atoms with Crippen molar-refractivity contribution in [2.45, 2.75) is 0 Å². The Balaban J connectivity index is 2.12. The van der Waals surface area contributed by atoms with Crippen LogP contribution in [0.3, 0.4) is 0 Å². The van der Waals surface area contributed by atoms with Crippen molar-refractivity contribution in [3.8, 4) is 5.75 Å². The van der Waals surface area contributed by atoms with Crippen molar-refractivity contribution in [1.29, 1.82) is 0 Å². The molecule has 2 rings (SSSR count). The Kier molecular flexibility index (Phi) is 4.69. The van der Waals surface area contributed by atoms with Crippen LogP contribution in [-0.2, 0) is 0 Å². The molecule has 0 fully saturated rings. The molecule has 0 aliphatic rings. The molecule has 7 nitrogen and oxygen atoms in total. The minimum absolute atomic E-state index is 0.148. The predicted octanol–water partition coefficient (Wildman–Crippen LogP) is 4.25. The SMILES string of the molecule is O=C(Nc1cc(Cl)cc(Cl)c1)Nc1ccc(O)c([N+](=O)[O-])c1. The number of rotatable bonds is 3. The van der Waals surface area contributed by atoms with Crippen LogP contribution in [0.25, 0.3) is 0 Å². The zero-order valence-electron chi connectivity index (χ0n) is 10.8. The van der Waals surface area contributed by atoms with Gasteiger partial charge in [-0.05, 0) is 30.3 Å². The molecule has 0 aliphatic heterocycles. The Labute approximate surface area is 134 Å². The zero-order chi connectivity index (χ0) is 16.3. The molecule has 0 bridgehead atoms. The molecule has 0 unspecified atom stereocenters. The van der Waals surface area contributed by atoms with E-state index in [1.54, 1.807) is 0 Å². The molecule has 2 aromatic carbocycles. The number of nitro groups is 1. The number of phenols is 1. The third kappa shape index (κ3) is 4.00. The lowest BCUT2D eigenvalue weighted by Gasteiger charge is -2.08. The molecule has 0 atom stereocenters. The van der Waals surface area contributed by atoms with Gasteiger partial charge in [-0.1, -0.05) is 23.2 Å². The van der Waals surface area contributed by atoms with Crippen LogP contribution < -0.4 is 10.6 Å². The van der Waals surface area contributed by atoms with Gasteiger partial charge < -0.3 is 15.7 Å². The number of urea groups is 1. The number of carbonyl (C=O) groups excluding carboxylic acids is 1. The fourth-order valence-corrected chi connectivity index (χ4v) is 2.19. The predicted molar refractivity (Wildman–Crippen MR) is 83.9 cm³/mol. The lowest BCUT2D eigenvalue weighted by molar-refractivity contribution is -0.385. The summed E-state index contributed by atoms with van der Waals surface area (Å²) in [6.07, 6.45) is 0. The molecule has 3 N–H and O–H groups in total. The third-order valence-electron chi connectivity index (χ3n) is 2.55. The summed E-state index contributed by atoms with van der Waals surface area (Å²) in [6.45, 7) is 0. The monoisotopic (exact) mass is 341 g/mol. The van der Waals surface area contributed by atoms with Gasteiger partial charge >= 0.3 is 11.7 Å². The van der Waals surface area contributed by atoms with E-state index in [0.29, 0.717) is 15.7 Å². The Hall–Kier alpha value is -2.51. The van der Waals surface area contributed by atoms with Gasteiger partial charge in [0.2, 0.25) is 0 Å². The van der Waals surface area contributed by atoms with Gasteiger partial charge in [0.15, 0.2) is 5.75 Å². The average Bonchev–Trinajstić information content (AvgIpc) is 2.39. The molecule has 0 saturated heterocycles. The zero-order valence-corrected chi connectivity index (χ0v) is 12.4. The Morgan fingerprint density at radius 1 is 1.05 bits per heavy atom. The van der Waals surface area contributed by atoms with Gasteiger partial charge in [0, 0.05) is 27.5 Å². The first-order valence-electron chi connectivity index (χ1n) is 5.86. The fourth-order valence-electron chi connectivity index (χ4n) is 1.67. The molecule has 2 amide bonds. The lowest BCUT2D eigenvalue weighted by atomic mass is 10.2. The minimum Gasteiger partial charge on any atom is -0.502 e. The van der Waals surface area contributed by atoms with Crippen LogP contribution in [0.2, 0.25) is 10.0 Å². The van der Waals surface area contributed by atoms with Crippen molar-refractivity contribution in [2.75, 3.05) is 10.6 Å². The number of carbonyl (C=O) groups is 1. The van der Waals surface area contributed by atoms with Crippen molar-refractivity contribution >= 4 is 46.3 Å². The number of hydrogen-bond donors (Lipinski definition) is 3. The van der Waals surface area contributed by atoms with Crippen LogP contribution in [0, 0.1) is 10.1 Å². The first kappa shape index (κ1) is 15.9. The van der Waals surface area contributed by atoms with Crippen LogP contribution in [-0.4, -0.2) is 16.1 Å². The van der Waals surface area contributed by atoms with Gasteiger partial charge in [-0.2, -0.15) is 0 Å². The Bertz CT molecular complexity index is 732. The summed E-state index contributed by atoms with van der Waals surface area (Å²) in [5.41, 5.74) is 0.00185. The van der Waals surface area contributed by atoms with Gasteiger partial charge in [0.1, 0.15) is 0 Å². The van der Waals surface area contributed by atoms with Crippen molar-refractivity contribution in [3.05, 3.63) is 56.6 Å². The average molecular weight is 342 g/mol. The van der Waals surface area contributed by atoms with Gasteiger partial charge in [-0.15, -0.1) is 0 Å². The van der Waals surface area contributed by atoms with Gasteiger partial charge in [-0.3, -0.25) is 10.1 Å². The van der Waals surface area contributed by atoms with E-state index >= 15 is 0 Å². The van der Waals surface area contributed by atoms with Gasteiger partial charge in [0.05, 0.1) is 4.92 Å². The summed E-state index contributed by atoms with van der Waals surface area (Å²) < 4.78 is 0. The van der Waals surface area contributed by atoms with Crippen LogP contribution in [0.5, 0.6) is 5.75 Å². The fraction of sp³-hybridized carbons (Fsp3) is 0. The largest absolute Gasteiger partial charge is 0.502 e. The number of aromatic hydroxyl groups is 1. The summed E-state index contributed by atoms with van der Waals surface area (Å²) in [4.78, 5) is 21.8. The number of nitrogens with zero attached hydrogens (tertiary/aromatic N) is 1. The molecule has 2 aromatic rings. The molecule has 9 heteroatoms. The summed E-state index contributed by atoms with van der Waals surface area (Å²) in [7, 11) is 0. The van der Waals surface area contributed by atoms with E-state index in [2.05, 4.69) is 10.6 Å². The van der Waals surface area contributed by atoms with E-state index < -0.39 is 22.4 Å². The van der Waals surface area contributed by atoms with E-state index in [1.807, 2.05) is 0 Å². The summed E-state index contributed by atoms with van der Waals surface area (Å²) in [5, 5.41) is 25.6. The van der Waals surface area contributed by atoms with Gasteiger partial charge in [-0.25, -0.2) is 4.79 Å². The third-order valence-corrected chi connectivity index (χ3v) is 2.99. The molecule has 0 aromatic heterocycles. The maximum absolute atomic E-state index is 11.8. The summed E-state index contributed by atoms with van der Waals surface area (Å²) >= 11 is 11.6. The highest BCUT2D eigenvalue weighted by Crippen LogP contribution is 2.28. The number of nitrogens with one attached hydrogen (secondary N) is 2. The number of nitro benzene ring substituents is 1. The van der Waals surface area contributed by atoms with Crippen molar-refractivity contribution in [3.63, 3.8) is 0 Å². The quantitative estimate of drug-likeness (QED) is 0.440. The molecule has 114 valence electrons. The number of benzene rings is 2. The van der Waals surface area contributed by atoms with Crippen molar-refractivity contribution in [2.24, 2.45) is 0 Å². The van der Waals surface area contributed by atoms with E-state index in [9.17, 15) is 20.0 Å².